The average molecular weight is 311 g/mol. The molecule has 0 aliphatic heterocycles. The molecule has 3 nitrogen and oxygen atoms in total. The van der Waals surface area contributed by atoms with Crippen LogP contribution in [-0.4, -0.2) is 4.57 Å². The van der Waals surface area contributed by atoms with E-state index in [1.165, 1.54) is 6.07 Å². The Morgan fingerprint density at radius 1 is 1.27 bits per heavy atom. The number of aromatic nitrogens is 1. The minimum Gasteiger partial charge on any atom is -0.283 e. The molecule has 22 heavy (non-hydrogen) atoms. The summed E-state index contributed by atoms with van der Waals surface area (Å²) in [5.41, 5.74) is 3.21. The first kappa shape index (κ1) is 14.6. The highest BCUT2D eigenvalue weighted by Gasteiger charge is 2.26. The van der Waals surface area contributed by atoms with Crippen molar-refractivity contribution in [2.75, 3.05) is 0 Å². The van der Waals surface area contributed by atoms with Crippen molar-refractivity contribution in [2.24, 2.45) is 5.41 Å². The normalized spacial score (nSPS) is 15.6. The molecule has 0 saturated heterocycles. The summed E-state index contributed by atoms with van der Waals surface area (Å²) in [6.45, 7) is 4.26. The maximum absolute atomic E-state index is 12.2. The van der Waals surface area contributed by atoms with Gasteiger partial charge in [-0.2, -0.15) is 5.26 Å². The lowest BCUT2D eigenvalue weighted by Crippen LogP contribution is -2.25. The lowest BCUT2D eigenvalue weighted by molar-refractivity contribution is 0.470. The van der Waals surface area contributed by atoms with Crippen LogP contribution in [0.1, 0.15) is 30.5 Å². The van der Waals surface area contributed by atoms with E-state index in [1.54, 1.807) is 16.8 Å². The second-order valence-corrected chi connectivity index (χ2v) is 6.67. The Labute approximate surface area is 134 Å². The van der Waals surface area contributed by atoms with Gasteiger partial charge in [0.05, 0.1) is 22.4 Å². The highest BCUT2D eigenvalue weighted by atomic mass is 35.5. The number of fused-ring (bicyclic) bond motifs is 1. The highest BCUT2D eigenvalue weighted by molar-refractivity contribution is 6.30. The van der Waals surface area contributed by atoms with Crippen molar-refractivity contribution in [2.45, 2.75) is 20.3 Å². The molecule has 1 aromatic carbocycles. The molecule has 0 radical (unpaired) electrons. The summed E-state index contributed by atoms with van der Waals surface area (Å²) < 4.78 is 1.56. The fourth-order valence-corrected chi connectivity index (χ4v) is 3.04. The predicted molar refractivity (Wildman–Crippen MR) is 87.7 cm³/mol. The van der Waals surface area contributed by atoms with Gasteiger partial charge in [0, 0.05) is 17.8 Å². The maximum Gasteiger partial charge on any atom is 0.255 e. The number of pyridine rings is 1. The lowest BCUT2D eigenvalue weighted by Gasteiger charge is -2.30. The zero-order valence-electron chi connectivity index (χ0n) is 12.4. The molecule has 110 valence electrons. The number of nitrogens with zero attached hydrogens (tertiary/aromatic N) is 2. The first-order valence-corrected chi connectivity index (χ1v) is 7.42. The van der Waals surface area contributed by atoms with E-state index in [0.717, 1.165) is 23.2 Å². The van der Waals surface area contributed by atoms with E-state index in [1.807, 2.05) is 18.2 Å². The maximum atomic E-state index is 12.2. The molecule has 1 aromatic heterocycles. The summed E-state index contributed by atoms with van der Waals surface area (Å²) in [7, 11) is 0. The van der Waals surface area contributed by atoms with Gasteiger partial charge in [-0.25, -0.2) is 0 Å². The van der Waals surface area contributed by atoms with Crippen LogP contribution < -0.4 is 5.56 Å². The van der Waals surface area contributed by atoms with Crippen LogP contribution in [-0.2, 0) is 6.42 Å². The minimum atomic E-state index is -0.137. The van der Waals surface area contributed by atoms with Crippen molar-refractivity contribution in [1.29, 1.82) is 5.26 Å². The summed E-state index contributed by atoms with van der Waals surface area (Å²) in [5, 5.41) is 9.64. The predicted octanol–water partition coefficient (Wildman–Crippen LogP) is 3.84. The zero-order valence-corrected chi connectivity index (χ0v) is 13.2. The first-order valence-electron chi connectivity index (χ1n) is 7.04. The van der Waals surface area contributed by atoms with Gasteiger partial charge in [0.2, 0.25) is 0 Å². The number of allylic oxidation sites excluding steroid dienone is 1. The second-order valence-electron chi connectivity index (χ2n) is 6.23. The molecule has 1 heterocycles. The standard InChI is InChI=1S/C18H15ClN2O/c1-18(2)8-13-4-3-12(10-20)7-15(13)16(9-18)21-11-14(19)5-6-17(21)22/h3-7,9,11H,8H2,1-2H3. The van der Waals surface area contributed by atoms with Crippen LogP contribution in [0.15, 0.2) is 47.4 Å². The topological polar surface area (TPSA) is 45.8 Å². The third-order valence-electron chi connectivity index (χ3n) is 3.82. The molecule has 0 bridgehead atoms. The van der Waals surface area contributed by atoms with Gasteiger partial charge in [0.1, 0.15) is 0 Å². The molecule has 0 spiro atoms. The van der Waals surface area contributed by atoms with Crippen LogP contribution in [0.2, 0.25) is 5.02 Å². The fraction of sp³-hybridized carbons (Fsp3) is 0.222. The molecule has 0 N–H and O–H groups in total. The minimum absolute atomic E-state index is 0.0712. The van der Waals surface area contributed by atoms with Gasteiger partial charge in [-0.15, -0.1) is 0 Å². The first-order chi connectivity index (χ1) is 10.4. The Balaban J connectivity index is 2.30. The van der Waals surface area contributed by atoms with Gasteiger partial charge in [0.25, 0.3) is 5.56 Å². The molecule has 3 rings (SSSR count). The van der Waals surface area contributed by atoms with Crippen molar-refractivity contribution in [3.05, 3.63) is 74.7 Å². The number of halogens is 1. The van der Waals surface area contributed by atoms with Crippen LogP contribution in [0, 0.1) is 16.7 Å². The summed E-state index contributed by atoms with van der Waals surface area (Å²) in [4.78, 5) is 12.2. The number of nitriles is 1. The molecular weight excluding hydrogens is 296 g/mol. The van der Waals surface area contributed by atoms with Crippen LogP contribution in [0.3, 0.4) is 0 Å². The molecule has 0 saturated carbocycles. The van der Waals surface area contributed by atoms with Gasteiger partial charge < -0.3 is 0 Å². The smallest absolute Gasteiger partial charge is 0.255 e. The van der Waals surface area contributed by atoms with Gasteiger partial charge in [-0.3, -0.25) is 9.36 Å². The molecule has 2 aromatic rings. The number of benzene rings is 1. The SMILES string of the molecule is CC1(C)C=C(n2cc(Cl)ccc2=O)c2cc(C#N)ccc2C1. The largest absolute Gasteiger partial charge is 0.283 e. The van der Waals surface area contributed by atoms with E-state index in [-0.39, 0.29) is 11.0 Å². The Bertz CT molecular complexity index is 885. The van der Waals surface area contributed by atoms with Gasteiger partial charge >= 0.3 is 0 Å². The van der Waals surface area contributed by atoms with Gasteiger partial charge in [0.15, 0.2) is 0 Å². The average Bonchev–Trinajstić information content (AvgIpc) is 2.47. The van der Waals surface area contributed by atoms with Crippen LogP contribution in [0.4, 0.5) is 0 Å². The van der Waals surface area contributed by atoms with E-state index in [4.69, 9.17) is 16.9 Å². The number of rotatable bonds is 1. The van der Waals surface area contributed by atoms with Crippen LogP contribution >= 0.6 is 11.6 Å². The monoisotopic (exact) mass is 310 g/mol. The third-order valence-corrected chi connectivity index (χ3v) is 4.05. The fourth-order valence-electron chi connectivity index (χ4n) is 2.88. The quantitative estimate of drug-likeness (QED) is 0.803. The number of hydrogen-bond donors (Lipinski definition) is 0. The zero-order chi connectivity index (χ0) is 15.9. The summed E-state index contributed by atoms with van der Waals surface area (Å²) in [5.74, 6) is 0. The van der Waals surface area contributed by atoms with E-state index >= 15 is 0 Å². The molecule has 4 heteroatoms. The van der Waals surface area contributed by atoms with Crippen LogP contribution in [0.25, 0.3) is 5.70 Å². The van der Waals surface area contributed by atoms with E-state index in [9.17, 15) is 4.79 Å². The molecule has 0 amide bonds. The lowest BCUT2D eigenvalue weighted by atomic mass is 9.77. The Kier molecular flexibility index (Phi) is 3.42. The van der Waals surface area contributed by atoms with Gasteiger partial charge in [-0.05, 0) is 35.6 Å². The summed E-state index contributed by atoms with van der Waals surface area (Å²) in [6, 6.07) is 10.8. The van der Waals surface area contributed by atoms with Crippen molar-refractivity contribution in [3.63, 3.8) is 0 Å². The van der Waals surface area contributed by atoms with Crippen molar-refractivity contribution in [3.8, 4) is 6.07 Å². The van der Waals surface area contributed by atoms with E-state index in [2.05, 4.69) is 26.0 Å². The Hall–Kier alpha value is -2.31. The summed E-state index contributed by atoms with van der Waals surface area (Å²) >= 11 is 6.05. The Morgan fingerprint density at radius 2 is 2.05 bits per heavy atom. The van der Waals surface area contributed by atoms with Crippen LogP contribution in [0.5, 0.6) is 0 Å². The van der Waals surface area contributed by atoms with Crippen molar-refractivity contribution < 1.29 is 0 Å². The molecular formula is C18H15ClN2O. The number of hydrogen-bond acceptors (Lipinski definition) is 2. The second kappa shape index (κ2) is 5.15. The van der Waals surface area contributed by atoms with E-state index < -0.39 is 0 Å². The van der Waals surface area contributed by atoms with E-state index in [0.29, 0.717) is 10.6 Å². The van der Waals surface area contributed by atoms with Crippen molar-refractivity contribution in [1.82, 2.24) is 4.57 Å². The third kappa shape index (κ3) is 2.58. The Morgan fingerprint density at radius 3 is 2.77 bits per heavy atom. The van der Waals surface area contributed by atoms with Gasteiger partial charge in [-0.1, -0.05) is 37.6 Å². The molecule has 0 atom stereocenters. The summed E-state index contributed by atoms with van der Waals surface area (Å²) in [6.07, 6.45) is 4.57. The molecule has 1 aliphatic carbocycles. The highest BCUT2D eigenvalue weighted by Crippen LogP contribution is 2.37. The van der Waals surface area contributed by atoms with Crippen molar-refractivity contribution >= 4 is 17.3 Å². The molecule has 1 aliphatic rings. The molecule has 0 unspecified atom stereocenters. The molecule has 0 fully saturated rings.